The fourth-order valence-electron chi connectivity index (χ4n) is 3.94. The zero-order valence-electron chi connectivity index (χ0n) is 16.4. The average Bonchev–Trinajstić information content (AvgIpc) is 3.27. The molecule has 0 radical (unpaired) electrons. The first-order valence-corrected chi connectivity index (χ1v) is 9.91. The number of carbonyl (C=O) groups is 4. The maximum atomic E-state index is 12.9. The quantitative estimate of drug-likeness (QED) is 0.449. The van der Waals surface area contributed by atoms with Crippen LogP contribution < -0.4 is 16.0 Å². The Balaban J connectivity index is 1.63. The van der Waals surface area contributed by atoms with Gasteiger partial charge in [0, 0.05) is 25.6 Å². The third kappa shape index (κ3) is 4.10. The molecule has 8 heteroatoms. The summed E-state index contributed by atoms with van der Waals surface area (Å²) in [6.45, 7) is 3.72. The number of hydrogen-bond acceptors (Lipinski definition) is 4. The summed E-state index contributed by atoms with van der Waals surface area (Å²) < 4.78 is 0. The number of amides is 3. The molecule has 8 nitrogen and oxygen atoms in total. The SMILES string of the molecule is CC(=O)c1ccc(C(=O)N[C@@H]2CCC[C@@H]2NC(=O)C2(C)CCCCNC2=O)[nH]1. The average molecular weight is 388 g/mol. The van der Waals surface area contributed by atoms with E-state index in [1.807, 2.05) is 0 Å². The van der Waals surface area contributed by atoms with Gasteiger partial charge in [-0.3, -0.25) is 19.2 Å². The summed E-state index contributed by atoms with van der Waals surface area (Å²) in [6.07, 6.45) is 4.58. The van der Waals surface area contributed by atoms with E-state index in [2.05, 4.69) is 20.9 Å². The zero-order valence-corrected chi connectivity index (χ0v) is 16.4. The monoisotopic (exact) mass is 388 g/mol. The molecule has 1 aliphatic heterocycles. The van der Waals surface area contributed by atoms with Crippen LogP contribution in [0.15, 0.2) is 12.1 Å². The fraction of sp³-hybridized carbons (Fsp3) is 0.600. The van der Waals surface area contributed by atoms with Gasteiger partial charge in [-0.1, -0.05) is 6.42 Å². The Kier molecular flexibility index (Phi) is 5.86. The van der Waals surface area contributed by atoms with Crippen LogP contribution in [0, 0.1) is 5.41 Å². The van der Waals surface area contributed by atoms with Crippen LogP contribution in [-0.4, -0.2) is 47.1 Å². The Morgan fingerprint density at radius 1 is 1.04 bits per heavy atom. The van der Waals surface area contributed by atoms with Crippen molar-refractivity contribution in [1.82, 2.24) is 20.9 Å². The van der Waals surface area contributed by atoms with Crippen LogP contribution in [0.5, 0.6) is 0 Å². The predicted octanol–water partition coefficient (Wildman–Crippen LogP) is 1.29. The minimum Gasteiger partial charge on any atom is -0.355 e. The predicted molar refractivity (Wildman–Crippen MR) is 103 cm³/mol. The summed E-state index contributed by atoms with van der Waals surface area (Å²) in [5.74, 6) is -0.960. The van der Waals surface area contributed by atoms with Crippen LogP contribution in [0.2, 0.25) is 0 Å². The van der Waals surface area contributed by atoms with E-state index in [9.17, 15) is 19.2 Å². The lowest BCUT2D eigenvalue weighted by atomic mass is 9.83. The first-order valence-electron chi connectivity index (χ1n) is 9.91. The Morgan fingerprint density at radius 2 is 1.71 bits per heavy atom. The Morgan fingerprint density at radius 3 is 2.39 bits per heavy atom. The van der Waals surface area contributed by atoms with Crippen molar-refractivity contribution < 1.29 is 19.2 Å². The van der Waals surface area contributed by atoms with Gasteiger partial charge < -0.3 is 20.9 Å². The first kappa shape index (κ1) is 20.1. The maximum Gasteiger partial charge on any atom is 0.267 e. The van der Waals surface area contributed by atoms with Crippen LogP contribution in [0.3, 0.4) is 0 Å². The van der Waals surface area contributed by atoms with Gasteiger partial charge >= 0.3 is 0 Å². The highest BCUT2D eigenvalue weighted by Crippen LogP contribution is 2.29. The van der Waals surface area contributed by atoms with E-state index in [-0.39, 0.29) is 35.6 Å². The lowest BCUT2D eigenvalue weighted by molar-refractivity contribution is -0.143. The molecular formula is C20H28N4O4. The number of Topliss-reactive ketones (excluding diaryl/α,β-unsaturated/α-hetero) is 1. The highest BCUT2D eigenvalue weighted by Gasteiger charge is 2.43. The normalized spacial score (nSPS) is 27.6. The van der Waals surface area contributed by atoms with Crippen LogP contribution in [0.4, 0.5) is 0 Å². The van der Waals surface area contributed by atoms with Gasteiger partial charge in [0.05, 0.1) is 5.69 Å². The number of nitrogens with one attached hydrogen (secondary N) is 4. The summed E-state index contributed by atoms with van der Waals surface area (Å²) in [6, 6.07) is 2.73. The zero-order chi connectivity index (χ0) is 20.3. The molecule has 4 N–H and O–H groups in total. The molecule has 1 saturated carbocycles. The number of hydrogen-bond donors (Lipinski definition) is 4. The topological polar surface area (TPSA) is 120 Å². The van der Waals surface area contributed by atoms with Crippen molar-refractivity contribution in [3.05, 3.63) is 23.5 Å². The second-order valence-electron chi connectivity index (χ2n) is 7.98. The number of rotatable bonds is 5. The molecule has 0 spiro atoms. The number of aromatic amines is 1. The van der Waals surface area contributed by atoms with E-state index in [4.69, 9.17) is 0 Å². The smallest absolute Gasteiger partial charge is 0.267 e. The lowest BCUT2D eigenvalue weighted by Gasteiger charge is -2.29. The molecule has 1 unspecified atom stereocenters. The van der Waals surface area contributed by atoms with Crippen LogP contribution in [0.25, 0.3) is 0 Å². The number of H-pyrrole nitrogens is 1. The lowest BCUT2D eigenvalue weighted by Crippen LogP contribution is -2.55. The van der Waals surface area contributed by atoms with Crippen molar-refractivity contribution >= 4 is 23.5 Å². The third-order valence-electron chi connectivity index (χ3n) is 5.85. The van der Waals surface area contributed by atoms with Gasteiger partial charge in [-0.2, -0.15) is 0 Å². The summed E-state index contributed by atoms with van der Waals surface area (Å²) in [7, 11) is 0. The minimum absolute atomic E-state index is 0.139. The molecule has 152 valence electrons. The van der Waals surface area contributed by atoms with Gasteiger partial charge in [-0.15, -0.1) is 0 Å². The Bertz CT molecular complexity index is 787. The van der Waals surface area contributed by atoms with Gasteiger partial charge in [-0.05, 0) is 51.2 Å². The molecular weight excluding hydrogens is 360 g/mol. The molecule has 1 saturated heterocycles. The van der Waals surface area contributed by atoms with E-state index in [0.29, 0.717) is 24.4 Å². The number of aromatic nitrogens is 1. The molecule has 1 aliphatic carbocycles. The number of ketones is 1. The van der Waals surface area contributed by atoms with Crippen molar-refractivity contribution in [3.8, 4) is 0 Å². The van der Waals surface area contributed by atoms with Gasteiger partial charge in [0.15, 0.2) is 5.78 Å². The molecule has 1 aromatic heterocycles. The van der Waals surface area contributed by atoms with Crippen molar-refractivity contribution in [2.24, 2.45) is 5.41 Å². The Hall–Kier alpha value is -2.64. The van der Waals surface area contributed by atoms with Crippen molar-refractivity contribution in [3.63, 3.8) is 0 Å². The molecule has 0 bridgehead atoms. The van der Waals surface area contributed by atoms with Gasteiger partial charge in [0.25, 0.3) is 5.91 Å². The fourth-order valence-corrected chi connectivity index (χ4v) is 3.94. The van der Waals surface area contributed by atoms with Gasteiger partial charge in [-0.25, -0.2) is 0 Å². The summed E-state index contributed by atoms with van der Waals surface area (Å²) in [5, 5.41) is 8.76. The van der Waals surface area contributed by atoms with Crippen molar-refractivity contribution in [2.45, 2.75) is 64.5 Å². The van der Waals surface area contributed by atoms with E-state index < -0.39 is 5.41 Å². The second kappa shape index (κ2) is 8.16. The number of carbonyl (C=O) groups excluding carboxylic acids is 4. The molecule has 2 aliphatic rings. The van der Waals surface area contributed by atoms with Crippen molar-refractivity contribution in [2.75, 3.05) is 6.54 Å². The molecule has 2 fully saturated rings. The van der Waals surface area contributed by atoms with Crippen LogP contribution >= 0.6 is 0 Å². The first-order chi connectivity index (χ1) is 13.3. The van der Waals surface area contributed by atoms with E-state index in [0.717, 1.165) is 32.1 Å². The highest BCUT2D eigenvalue weighted by atomic mass is 16.2. The molecule has 3 atom stereocenters. The van der Waals surface area contributed by atoms with Crippen LogP contribution in [-0.2, 0) is 9.59 Å². The van der Waals surface area contributed by atoms with Crippen LogP contribution in [0.1, 0.15) is 73.3 Å². The molecule has 1 aromatic rings. The molecule has 2 heterocycles. The standard InChI is InChI=1S/C20H28N4O4/c1-12(25)13-8-9-16(22-13)17(26)23-14-6-5-7-15(14)24-19(28)20(2)10-3-4-11-21-18(20)27/h8-9,14-15,22H,3-7,10-11H2,1-2H3,(H,21,27)(H,23,26)(H,24,28)/t14-,15+,20?/m1/s1. The van der Waals surface area contributed by atoms with Gasteiger partial charge in [0.1, 0.15) is 11.1 Å². The third-order valence-corrected chi connectivity index (χ3v) is 5.85. The van der Waals surface area contributed by atoms with E-state index >= 15 is 0 Å². The summed E-state index contributed by atoms with van der Waals surface area (Å²) in [4.78, 5) is 52.0. The summed E-state index contributed by atoms with van der Waals surface area (Å²) in [5.41, 5.74) is -0.380. The molecule has 3 rings (SSSR count). The highest BCUT2D eigenvalue weighted by molar-refractivity contribution is 6.05. The molecule has 28 heavy (non-hydrogen) atoms. The minimum atomic E-state index is -1.08. The Labute approximate surface area is 164 Å². The molecule has 0 aromatic carbocycles. The van der Waals surface area contributed by atoms with Crippen molar-refractivity contribution in [1.29, 1.82) is 0 Å². The molecule has 3 amide bonds. The maximum absolute atomic E-state index is 12.9. The van der Waals surface area contributed by atoms with E-state index in [1.165, 1.54) is 6.92 Å². The van der Waals surface area contributed by atoms with E-state index in [1.54, 1.807) is 19.1 Å². The second-order valence-corrected chi connectivity index (χ2v) is 7.98. The van der Waals surface area contributed by atoms with Gasteiger partial charge in [0.2, 0.25) is 11.8 Å². The largest absolute Gasteiger partial charge is 0.355 e. The summed E-state index contributed by atoms with van der Waals surface area (Å²) >= 11 is 0.